The molecule has 3 nitrogen and oxygen atoms in total. The minimum absolute atomic E-state index is 0.0231. The van der Waals surface area contributed by atoms with Crippen molar-refractivity contribution in [1.82, 2.24) is 4.98 Å². The second-order valence-electron chi connectivity index (χ2n) is 2.47. The van der Waals surface area contributed by atoms with Gasteiger partial charge in [-0.2, -0.15) is 0 Å². The SMILES string of the molecule is O=Cc1c(O)cnc(C(F)F)c1CBr. The van der Waals surface area contributed by atoms with Gasteiger partial charge in [-0.25, -0.2) is 8.78 Å². The van der Waals surface area contributed by atoms with Gasteiger partial charge < -0.3 is 5.11 Å². The third kappa shape index (κ3) is 1.89. The zero-order valence-corrected chi connectivity index (χ0v) is 8.46. The molecular formula is C8H6BrF2NO2. The van der Waals surface area contributed by atoms with E-state index in [0.29, 0.717) is 6.29 Å². The maximum absolute atomic E-state index is 12.4. The van der Waals surface area contributed by atoms with Crippen LogP contribution in [0.3, 0.4) is 0 Å². The van der Waals surface area contributed by atoms with E-state index in [1.54, 1.807) is 0 Å². The van der Waals surface area contributed by atoms with E-state index in [0.717, 1.165) is 6.20 Å². The number of nitrogens with zero attached hydrogens (tertiary/aromatic N) is 1. The summed E-state index contributed by atoms with van der Waals surface area (Å²) in [5, 5.41) is 9.21. The van der Waals surface area contributed by atoms with E-state index in [-0.39, 0.29) is 22.2 Å². The summed E-state index contributed by atoms with van der Waals surface area (Å²) in [6.45, 7) is 0. The highest BCUT2D eigenvalue weighted by atomic mass is 79.9. The lowest BCUT2D eigenvalue weighted by atomic mass is 10.1. The van der Waals surface area contributed by atoms with Gasteiger partial charge in [0.05, 0.1) is 11.8 Å². The second kappa shape index (κ2) is 4.45. The third-order valence-electron chi connectivity index (χ3n) is 1.69. The molecule has 0 aromatic carbocycles. The smallest absolute Gasteiger partial charge is 0.280 e. The highest BCUT2D eigenvalue weighted by Crippen LogP contribution is 2.28. The van der Waals surface area contributed by atoms with Crippen LogP contribution < -0.4 is 0 Å². The molecule has 1 aromatic rings. The summed E-state index contributed by atoms with van der Waals surface area (Å²) in [5.41, 5.74) is -0.607. The number of carbonyl (C=O) groups is 1. The number of rotatable bonds is 3. The molecule has 0 amide bonds. The Morgan fingerprint density at radius 2 is 2.29 bits per heavy atom. The molecule has 0 fully saturated rings. The van der Waals surface area contributed by atoms with Crippen molar-refractivity contribution in [3.05, 3.63) is 23.0 Å². The van der Waals surface area contributed by atoms with Gasteiger partial charge in [-0.1, -0.05) is 15.9 Å². The van der Waals surface area contributed by atoms with Gasteiger partial charge in [0.15, 0.2) is 6.29 Å². The van der Waals surface area contributed by atoms with Crippen molar-refractivity contribution in [3.63, 3.8) is 0 Å². The number of aromatic nitrogens is 1. The highest BCUT2D eigenvalue weighted by Gasteiger charge is 2.19. The predicted octanol–water partition coefficient (Wildman–Crippen LogP) is 2.43. The van der Waals surface area contributed by atoms with Crippen LogP contribution in [0.4, 0.5) is 8.78 Å². The van der Waals surface area contributed by atoms with Gasteiger partial charge in [0, 0.05) is 10.9 Å². The van der Waals surface area contributed by atoms with Crippen LogP contribution in [0.5, 0.6) is 5.75 Å². The lowest BCUT2D eigenvalue weighted by molar-refractivity contribution is 0.111. The first kappa shape index (κ1) is 11.0. The monoisotopic (exact) mass is 265 g/mol. The molecule has 1 rings (SSSR count). The molecule has 14 heavy (non-hydrogen) atoms. The number of pyridine rings is 1. The number of hydrogen-bond donors (Lipinski definition) is 1. The third-order valence-corrected chi connectivity index (χ3v) is 2.26. The average molecular weight is 266 g/mol. The fraction of sp³-hybridized carbons (Fsp3) is 0.250. The van der Waals surface area contributed by atoms with Crippen molar-refractivity contribution >= 4 is 22.2 Å². The first-order valence-corrected chi connectivity index (χ1v) is 4.74. The maximum atomic E-state index is 12.4. The van der Waals surface area contributed by atoms with Crippen molar-refractivity contribution in [1.29, 1.82) is 0 Å². The number of carbonyl (C=O) groups excluding carboxylic acids is 1. The quantitative estimate of drug-likeness (QED) is 0.675. The van der Waals surface area contributed by atoms with Crippen LogP contribution in [0.1, 0.15) is 28.0 Å². The second-order valence-corrected chi connectivity index (χ2v) is 3.03. The van der Waals surface area contributed by atoms with E-state index in [1.807, 2.05) is 0 Å². The largest absolute Gasteiger partial charge is 0.506 e. The molecule has 0 saturated heterocycles. The summed E-state index contributed by atoms with van der Waals surface area (Å²) >= 11 is 2.96. The highest BCUT2D eigenvalue weighted by molar-refractivity contribution is 9.08. The summed E-state index contributed by atoms with van der Waals surface area (Å²) in [5.74, 6) is -0.390. The van der Waals surface area contributed by atoms with Gasteiger partial charge in [0.2, 0.25) is 0 Å². The van der Waals surface area contributed by atoms with Crippen LogP contribution in [0.25, 0.3) is 0 Å². The van der Waals surface area contributed by atoms with Crippen LogP contribution in [0, 0.1) is 0 Å². The molecule has 0 spiro atoms. The molecule has 0 aliphatic heterocycles. The number of aldehydes is 1. The molecule has 0 aliphatic rings. The zero-order valence-electron chi connectivity index (χ0n) is 6.88. The molecule has 6 heteroatoms. The molecule has 0 aliphatic carbocycles. The van der Waals surface area contributed by atoms with Gasteiger partial charge in [0.25, 0.3) is 6.43 Å². The van der Waals surface area contributed by atoms with Crippen molar-refractivity contribution < 1.29 is 18.7 Å². The van der Waals surface area contributed by atoms with E-state index in [2.05, 4.69) is 20.9 Å². The molecule has 0 bridgehead atoms. The van der Waals surface area contributed by atoms with Crippen molar-refractivity contribution in [2.75, 3.05) is 0 Å². The Morgan fingerprint density at radius 3 is 2.71 bits per heavy atom. The minimum Gasteiger partial charge on any atom is -0.506 e. The number of hydrogen-bond acceptors (Lipinski definition) is 3. The first-order chi connectivity index (χ1) is 6.61. The van der Waals surface area contributed by atoms with Crippen LogP contribution in [0.2, 0.25) is 0 Å². The average Bonchev–Trinajstić information content (AvgIpc) is 2.16. The van der Waals surface area contributed by atoms with Crippen LogP contribution >= 0.6 is 15.9 Å². The molecular weight excluding hydrogens is 260 g/mol. The topological polar surface area (TPSA) is 50.2 Å². The Balaban J connectivity index is 3.40. The van der Waals surface area contributed by atoms with E-state index in [9.17, 15) is 13.6 Å². The van der Waals surface area contributed by atoms with E-state index in [4.69, 9.17) is 5.11 Å². The Hall–Kier alpha value is -1.04. The van der Waals surface area contributed by atoms with E-state index in [1.165, 1.54) is 0 Å². The van der Waals surface area contributed by atoms with Crippen molar-refractivity contribution in [2.45, 2.75) is 11.8 Å². The van der Waals surface area contributed by atoms with Gasteiger partial charge in [-0.3, -0.25) is 9.78 Å². The molecule has 0 radical (unpaired) electrons. The number of halogens is 3. The molecule has 76 valence electrons. The van der Waals surface area contributed by atoms with E-state index < -0.39 is 12.1 Å². The number of alkyl halides is 3. The predicted molar refractivity (Wildman–Crippen MR) is 48.9 cm³/mol. The minimum atomic E-state index is -2.76. The van der Waals surface area contributed by atoms with Gasteiger partial charge >= 0.3 is 0 Å². The normalized spacial score (nSPS) is 10.6. The summed E-state index contributed by atoms with van der Waals surface area (Å²) in [6.07, 6.45) is -1.58. The van der Waals surface area contributed by atoms with Gasteiger partial charge in [0.1, 0.15) is 11.4 Å². The molecule has 1 heterocycles. The van der Waals surface area contributed by atoms with Crippen molar-refractivity contribution in [3.8, 4) is 5.75 Å². The lowest BCUT2D eigenvalue weighted by Gasteiger charge is -2.08. The van der Waals surface area contributed by atoms with Gasteiger partial charge in [-0.15, -0.1) is 0 Å². The maximum Gasteiger partial charge on any atom is 0.280 e. The standard InChI is InChI=1S/C8H6BrF2NO2/c9-1-4-5(3-13)6(14)2-12-7(4)8(10)11/h2-3,8,14H,1H2. The molecule has 0 atom stereocenters. The fourth-order valence-corrected chi connectivity index (χ4v) is 1.62. The summed E-state index contributed by atoms with van der Waals surface area (Å²) in [4.78, 5) is 13.9. The molecule has 1 N–H and O–H groups in total. The Bertz CT molecular complexity index is 357. The molecule has 0 unspecified atom stereocenters. The lowest BCUT2D eigenvalue weighted by Crippen LogP contribution is -2.01. The Kier molecular flexibility index (Phi) is 3.51. The fourth-order valence-electron chi connectivity index (χ4n) is 1.03. The molecule has 0 saturated carbocycles. The van der Waals surface area contributed by atoms with Crippen LogP contribution in [-0.4, -0.2) is 16.4 Å². The zero-order chi connectivity index (χ0) is 10.7. The van der Waals surface area contributed by atoms with Gasteiger partial charge in [-0.05, 0) is 0 Å². The summed E-state index contributed by atoms with van der Waals surface area (Å²) in [7, 11) is 0. The van der Waals surface area contributed by atoms with Crippen molar-refractivity contribution in [2.24, 2.45) is 0 Å². The summed E-state index contributed by atoms with van der Waals surface area (Å²) in [6, 6.07) is 0. The Morgan fingerprint density at radius 1 is 1.64 bits per heavy atom. The first-order valence-electron chi connectivity index (χ1n) is 3.61. The summed E-state index contributed by atoms with van der Waals surface area (Å²) < 4.78 is 24.8. The molecule has 1 aromatic heterocycles. The van der Waals surface area contributed by atoms with Crippen LogP contribution in [0.15, 0.2) is 6.20 Å². The Labute approximate surface area is 86.9 Å². The van der Waals surface area contributed by atoms with E-state index >= 15 is 0 Å². The number of aromatic hydroxyl groups is 1. The van der Waals surface area contributed by atoms with Crippen LogP contribution in [-0.2, 0) is 5.33 Å².